The fraction of sp³-hybridized carbons (Fsp3) is 0.318. The van der Waals surface area contributed by atoms with E-state index in [-0.39, 0.29) is 51.0 Å². The first kappa shape index (κ1) is 19.0. The van der Waals surface area contributed by atoms with Gasteiger partial charge >= 0.3 is 0 Å². The number of alkyl halides is 2. The highest BCUT2D eigenvalue weighted by Crippen LogP contribution is 2.60. The first-order valence-corrected chi connectivity index (χ1v) is 11.4. The molecule has 29 heavy (non-hydrogen) atoms. The summed E-state index contributed by atoms with van der Waals surface area (Å²) < 4.78 is 0. The van der Waals surface area contributed by atoms with Crippen LogP contribution in [-0.2, 0) is 9.59 Å². The van der Waals surface area contributed by atoms with Crippen molar-refractivity contribution in [3.63, 3.8) is 0 Å². The largest absolute Gasteiger partial charge is 0.322 e. The van der Waals surface area contributed by atoms with Gasteiger partial charge in [0, 0.05) is 20.9 Å². The quantitative estimate of drug-likeness (QED) is 0.489. The van der Waals surface area contributed by atoms with Crippen LogP contribution in [0.5, 0.6) is 0 Å². The summed E-state index contributed by atoms with van der Waals surface area (Å²) in [5, 5.41) is 2.83. The minimum Gasteiger partial charge on any atom is -0.322 e. The highest BCUT2D eigenvalue weighted by Gasteiger charge is 2.66. The summed E-state index contributed by atoms with van der Waals surface area (Å²) in [6.07, 6.45) is 0.914. The summed E-state index contributed by atoms with van der Waals surface area (Å²) >= 11 is 7.41. The molecule has 0 unspecified atom stereocenters. The van der Waals surface area contributed by atoms with Crippen molar-refractivity contribution in [1.82, 2.24) is 0 Å². The van der Waals surface area contributed by atoms with Crippen LogP contribution in [0.4, 0.5) is 11.4 Å². The predicted octanol–water partition coefficient (Wildman–Crippen LogP) is 4.22. The lowest BCUT2D eigenvalue weighted by Gasteiger charge is -2.28. The van der Waals surface area contributed by atoms with Crippen LogP contribution in [0.2, 0.25) is 0 Å². The Morgan fingerprint density at radius 3 is 1.97 bits per heavy atom. The molecule has 2 aromatic carbocycles. The monoisotopic (exact) mass is 516 g/mol. The second-order valence-electron chi connectivity index (χ2n) is 7.88. The molecule has 2 saturated carbocycles. The summed E-state index contributed by atoms with van der Waals surface area (Å²) in [6.45, 7) is 0. The molecule has 6 atom stereocenters. The number of benzene rings is 2. The molecule has 3 fully saturated rings. The summed E-state index contributed by atoms with van der Waals surface area (Å²) in [4.78, 5) is 40.2. The zero-order chi connectivity index (χ0) is 20.3. The SMILES string of the molecule is O=C(Nc1ccc(N2C(=O)[C@@H]3[C@H]4C[C@@H]([C@H](Br)[C@@H]4Br)[C@@H]3C2=O)cc1)c1ccccc1. The zero-order valence-electron chi connectivity index (χ0n) is 15.3. The number of rotatable bonds is 3. The average Bonchev–Trinajstić information content (AvgIpc) is 3.34. The number of nitrogens with one attached hydrogen (secondary N) is 1. The molecule has 2 bridgehead atoms. The Labute approximate surface area is 185 Å². The number of anilines is 2. The molecule has 0 spiro atoms. The third-order valence-electron chi connectivity index (χ3n) is 6.41. The van der Waals surface area contributed by atoms with E-state index in [0.29, 0.717) is 16.9 Å². The van der Waals surface area contributed by atoms with Crippen LogP contribution >= 0.6 is 31.9 Å². The van der Waals surface area contributed by atoms with Gasteiger partial charge in [-0.1, -0.05) is 50.1 Å². The molecule has 1 aliphatic heterocycles. The first-order valence-electron chi connectivity index (χ1n) is 9.60. The number of carbonyl (C=O) groups excluding carboxylic acids is 3. The normalized spacial score (nSPS) is 32.6. The summed E-state index contributed by atoms with van der Waals surface area (Å²) in [5.74, 6) is -0.480. The Bertz CT molecular complexity index is 963. The Kier molecular flexibility index (Phi) is 4.62. The Morgan fingerprint density at radius 2 is 1.41 bits per heavy atom. The Morgan fingerprint density at radius 1 is 0.862 bits per heavy atom. The molecule has 2 aliphatic carbocycles. The fourth-order valence-corrected chi connectivity index (χ4v) is 6.96. The molecule has 5 rings (SSSR count). The number of fused-ring (bicyclic) bond motifs is 5. The number of amides is 3. The Balaban J connectivity index is 1.35. The summed E-state index contributed by atoms with van der Waals surface area (Å²) in [7, 11) is 0. The minimum absolute atomic E-state index is 0.0996. The first-order chi connectivity index (χ1) is 14.0. The highest BCUT2D eigenvalue weighted by atomic mass is 79.9. The molecule has 0 aromatic heterocycles. The second kappa shape index (κ2) is 7.06. The van der Waals surface area contributed by atoms with Gasteiger partial charge in [-0.05, 0) is 54.7 Å². The predicted molar refractivity (Wildman–Crippen MR) is 117 cm³/mol. The van der Waals surface area contributed by atoms with E-state index >= 15 is 0 Å². The van der Waals surface area contributed by atoms with Gasteiger partial charge in [0.1, 0.15) is 0 Å². The maximum Gasteiger partial charge on any atom is 0.255 e. The van der Waals surface area contributed by atoms with Crippen LogP contribution in [-0.4, -0.2) is 27.4 Å². The van der Waals surface area contributed by atoms with E-state index in [4.69, 9.17) is 0 Å². The summed E-state index contributed by atoms with van der Waals surface area (Å²) in [5.41, 5.74) is 1.74. The van der Waals surface area contributed by atoms with Gasteiger partial charge < -0.3 is 5.32 Å². The van der Waals surface area contributed by atoms with Crippen molar-refractivity contribution >= 4 is 61.0 Å². The number of halogens is 2. The van der Waals surface area contributed by atoms with Crippen molar-refractivity contribution in [2.75, 3.05) is 10.2 Å². The van der Waals surface area contributed by atoms with E-state index in [1.807, 2.05) is 18.2 Å². The minimum atomic E-state index is -0.233. The van der Waals surface area contributed by atoms with Gasteiger partial charge in [0.2, 0.25) is 11.8 Å². The smallest absolute Gasteiger partial charge is 0.255 e. The highest BCUT2D eigenvalue weighted by molar-refractivity contribution is 9.12. The van der Waals surface area contributed by atoms with Crippen molar-refractivity contribution in [2.45, 2.75) is 16.1 Å². The van der Waals surface area contributed by atoms with Crippen LogP contribution in [0, 0.1) is 23.7 Å². The van der Waals surface area contributed by atoms with Crippen molar-refractivity contribution in [3.8, 4) is 0 Å². The average molecular weight is 518 g/mol. The zero-order valence-corrected chi connectivity index (χ0v) is 18.5. The molecule has 3 amide bonds. The lowest BCUT2D eigenvalue weighted by Crippen LogP contribution is -2.37. The molecule has 3 aliphatic rings. The second-order valence-corrected chi connectivity index (χ2v) is 10.00. The summed E-state index contributed by atoms with van der Waals surface area (Å²) in [6, 6.07) is 15.8. The molecule has 1 heterocycles. The Hall–Kier alpha value is -1.99. The van der Waals surface area contributed by atoms with Crippen LogP contribution < -0.4 is 10.2 Å². The lowest BCUT2D eigenvalue weighted by atomic mass is 9.81. The molecule has 1 N–H and O–H groups in total. The number of imide groups is 1. The van der Waals surface area contributed by atoms with E-state index in [1.165, 1.54) is 4.90 Å². The van der Waals surface area contributed by atoms with Crippen molar-refractivity contribution < 1.29 is 14.4 Å². The lowest BCUT2D eigenvalue weighted by molar-refractivity contribution is -0.123. The molecular weight excluding hydrogens is 500 g/mol. The van der Waals surface area contributed by atoms with E-state index < -0.39 is 0 Å². The topological polar surface area (TPSA) is 66.5 Å². The van der Waals surface area contributed by atoms with Gasteiger partial charge in [-0.25, -0.2) is 0 Å². The van der Waals surface area contributed by atoms with Gasteiger partial charge in [-0.3, -0.25) is 19.3 Å². The molecule has 2 aromatic rings. The number of carbonyl (C=O) groups is 3. The van der Waals surface area contributed by atoms with Gasteiger partial charge in [-0.15, -0.1) is 0 Å². The molecule has 5 nitrogen and oxygen atoms in total. The number of hydrogen-bond donors (Lipinski definition) is 1. The third kappa shape index (κ3) is 2.89. The number of hydrogen-bond acceptors (Lipinski definition) is 3. The maximum atomic E-state index is 13.1. The molecule has 1 saturated heterocycles. The molecular formula is C22H18Br2N2O3. The van der Waals surface area contributed by atoms with Crippen LogP contribution in [0.3, 0.4) is 0 Å². The van der Waals surface area contributed by atoms with E-state index in [1.54, 1.807) is 36.4 Å². The van der Waals surface area contributed by atoms with Crippen LogP contribution in [0.1, 0.15) is 16.8 Å². The maximum absolute atomic E-state index is 13.1. The van der Waals surface area contributed by atoms with E-state index in [0.717, 1.165) is 6.42 Å². The van der Waals surface area contributed by atoms with Crippen molar-refractivity contribution in [3.05, 3.63) is 60.2 Å². The fourth-order valence-electron chi connectivity index (χ4n) is 5.09. The van der Waals surface area contributed by atoms with Crippen LogP contribution in [0.15, 0.2) is 54.6 Å². The van der Waals surface area contributed by atoms with Gasteiger partial charge in [0.25, 0.3) is 5.91 Å². The molecule has 7 heteroatoms. The number of nitrogens with zero attached hydrogens (tertiary/aromatic N) is 1. The van der Waals surface area contributed by atoms with Crippen molar-refractivity contribution in [1.29, 1.82) is 0 Å². The van der Waals surface area contributed by atoms with E-state index in [2.05, 4.69) is 37.2 Å². The van der Waals surface area contributed by atoms with Gasteiger partial charge in [0.05, 0.1) is 17.5 Å². The van der Waals surface area contributed by atoms with Crippen LogP contribution in [0.25, 0.3) is 0 Å². The van der Waals surface area contributed by atoms with Crippen molar-refractivity contribution in [2.24, 2.45) is 23.7 Å². The molecule has 148 valence electrons. The standard InChI is InChI=1S/C22H18Br2N2O3/c23-18-14-10-15(19(18)24)17-16(14)21(28)26(22(17)29)13-8-6-12(7-9-13)25-20(27)11-4-2-1-3-5-11/h1-9,14-19H,10H2,(H,25,27)/t14-,15-,16-,17+,18-,19+/m1/s1. The third-order valence-corrected chi connectivity index (χ3v) is 9.61. The van der Waals surface area contributed by atoms with E-state index in [9.17, 15) is 14.4 Å². The molecule has 0 radical (unpaired) electrons. The van der Waals surface area contributed by atoms with Gasteiger partial charge in [0.15, 0.2) is 0 Å². The van der Waals surface area contributed by atoms with Gasteiger partial charge in [-0.2, -0.15) is 0 Å².